The van der Waals surface area contributed by atoms with Crippen LogP contribution in [-0.4, -0.2) is 42.6 Å². The Morgan fingerprint density at radius 1 is 1.23 bits per heavy atom. The van der Waals surface area contributed by atoms with E-state index in [1.165, 1.54) is 31.0 Å². The Morgan fingerprint density at radius 2 is 2.13 bits per heavy atom. The summed E-state index contributed by atoms with van der Waals surface area (Å²) >= 11 is 3.01. The van der Waals surface area contributed by atoms with E-state index in [1.807, 2.05) is 34.3 Å². The number of tetrazole rings is 1. The van der Waals surface area contributed by atoms with Gasteiger partial charge < -0.3 is 4.42 Å². The van der Waals surface area contributed by atoms with E-state index in [4.69, 9.17) is 4.42 Å². The fraction of sp³-hybridized carbons (Fsp3) is 0.450. The van der Waals surface area contributed by atoms with Crippen molar-refractivity contribution in [3.05, 3.63) is 46.5 Å². The van der Waals surface area contributed by atoms with Gasteiger partial charge in [-0.3, -0.25) is 4.79 Å². The number of thiophene rings is 1. The monoisotopic (exact) mass is 442 g/mol. The number of nitrogens with zero attached hydrogens (tertiary/aromatic N) is 6. The van der Waals surface area contributed by atoms with Gasteiger partial charge in [0.15, 0.2) is 0 Å². The first kappa shape index (κ1) is 19.5. The van der Waals surface area contributed by atoms with Crippen LogP contribution in [0.3, 0.4) is 0 Å². The van der Waals surface area contributed by atoms with Gasteiger partial charge in [0.05, 0.1) is 28.6 Å². The highest BCUT2D eigenvalue weighted by atomic mass is 32.2. The number of aromatic nitrogens is 4. The highest BCUT2D eigenvalue weighted by Gasteiger charge is 2.35. The molecule has 0 radical (unpaired) electrons. The van der Waals surface area contributed by atoms with Gasteiger partial charge in [-0.15, -0.1) is 16.4 Å². The summed E-state index contributed by atoms with van der Waals surface area (Å²) in [5, 5.41) is 21.1. The van der Waals surface area contributed by atoms with Gasteiger partial charge in [0.2, 0.25) is 5.16 Å². The van der Waals surface area contributed by atoms with Gasteiger partial charge in [-0.1, -0.05) is 37.1 Å². The van der Waals surface area contributed by atoms with Crippen molar-refractivity contribution in [1.82, 2.24) is 25.2 Å². The minimum absolute atomic E-state index is 0.0776. The normalized spacial score (nSPS) is 19.9. The molecule has 0 bridgehead atoms. The van der Waals surface area contributed by atoms with Crippen LogP contribution in [0.1, 0.15) is 61.2 Å². The van der Waals surface area contributed by atoms with Crippen LogP contribution in [0.25, 0.3) is 0 Å². The zero-order chi connectivity index (χ0) is 20.3. The van der Waals surface area contributed by atoms with Crippen molar-refractivity contribution in [1.29, 1.82) is 0 Å². The molecule has 8 nitrogen and oxygen atoms in total. The van der Waals surface area contributed by atoms with Gasteiger partial charge in [-0.25, -0.2) is 9.69 Å². The SMILES string of the molecule is O=C(CSc1nnnn1C1CCCCC1)N1N=C(c2cccs2)CC1c1ccco1. The summed E-state index contributed by atoms with van der Waals surface area (Å²) in [6, 6.07) is 7.87. The van der Waals surface area contributed by atoms with Crippen molar-refractivity contribution < 1.29 is 9.21 Å². The lowest BCUT2D eigenvalue weighted by atomic mass is 9.96. The van der Waals surface area contributed by atoms with E-state index in [0.717, 1.165) is 29.2 Å². The molecular weight excluding hydrogens is 420 g/mol. The number of carbonyl (C=O) groups is 1. The topological polar surface area (TPSA) is 89.4 Å². The molecule has 0 aromatic carbocycles. The lowest BCUT2D eigenvalue weighted by Gasteiger charge is -2.22. The van der Waals surface area contributed by atoms with Gasteiger partial charge in [-0.05, 0) is 46.8 Å². The molecule has 4 heterocycles. The molecule has 5 rings (SSSR count). The number of hydrazone groups is 1. The second kappa shape index (κ2) is 8.73. The third-order valence-electron chi connectivity index (χ3n) is 5.55. The van der Waals surface area contributed by atoms with E-state index in [1.54, 1.807) is 22.6 Å². The summed E-state index contributed by atoms with van der Waals surface area (Å²) in [4.78, 5) is 14.2. The van der Waals surface area contributed by atoms with Crippen molar-refractivity contribution in [3.8, 4) is 0 Å². The maximum absolute atomic E-state index is 13.1. The molecule has 1 atom stereocenters. The molecule has 1 aliphatic heterocycles. The Balaban J connectivity index is 1.31. The van der Waals surface area contributed by atoms with Crippen LogP contribution >= 0.6 is 23.1 Å². The molecule has 1 saturated carbocycles. The van der Waals surface area contributed by atoms with Crippen LogP contribution in [-0.2, 0) is 4.79 Å². The lowest BCUT2D eigenvalue weighted by molar-refractivity contribution is -0.130. The predicted octanol–water partition coefficient (Wildman–Crippen LogP) is 4.30. The second-order valence-electron chi connectivity index (χ2n) is 7.48. The minimum Gasteiger partial charge on any atom is -0.467 e. The summed E-state index contributed by atoms with van der Waals surface area (Å²) in [6.07, 6.45) is 8.13. The van der Waals surface area contributed by atoms with E-state index in [-0.39, 0.29) is 17.7 Å². The third-order valence-corrected chi connectivity index (χ3v) is 7.39. The van der Waals surface area contributed by atoms with Crippen LogP contribution in [0.2, 0.25) is 0 Å². The van der Waals surface area contributed by atoms with Crippen molar-refractivity contribution >= 4 is 34.7 Å². The molecular formula is C20H22N6O2S2. The van der Waals surface area contributed by atoms with Crippen molar-refractivity contribution in [3.63, 3.8) is 0 Å². The largest absolute Gasteiger partial charge is 0.467 e. The fourth-order valence-electron chi connectivity index (χ4n) is 4.06. The fourth-order valence-corrected chi connectivity index (χ4v) is 5.58. The Labute approximate surface area is 182 Å². The van der Waals surface area contributed by atoms with Gasteiger partial charge in [-0.2, -0.15) is 5.10 Å². The molecule has 3 aromatic heterocycles. The number of hydrogen-bond donors (Lipinski definition) is 0. The van der Waals surface area contributed by atoms with Crippen molar-refractivity contribution in [2.75, 3.05) is 5.75 Å². The first-order valence-electron chi connectivity index (χ1n) is 10.2. The molecule has 30 heavy (non-hydrogen) atoms. The quantitative estimate of drug-likeness (QED) is 0.529. The second-order valence-corrected chi connectivity index (χ2v) is 9.37. The summed E-state index contributed by atoms with van der Waals surface area (Å²) in [6.45, 7) is 0. The minimum atomic E-state index is -0.223. The summed E-state index contributed by atoms with van der Waals surface area (Å²) in [5.41, 5.74) is 0.914. The molecule has 1 aliphatic carbocycles. The summed E-state index contributed by atoms with van der Waals surface area (Å²) < 4.78 is 7.50. The number of furan rings is 1. The standard InChI is InChI=1S/C20H22N6O2S2/c27-19(13-30-20-21-23-24-25(20)14-6-2-1-3-7-14)26-16(17-8-4-10-28-17)12-15(22-26)18-9-5-11-29-18/h4-5,8-11,14,16H,1-3,6-7,12-13H2. The van der Waals surface area contributed by atoms with E-state index >= 15 is 0 Å². The Bertz CT molecular complexity index is 1010. The Morgan fingerprint density at radius 3 is 2.90 bits per heavy atom. The molecule has 0 saturated heterocycles. The van der Waals surface area contributed by atoms with E-state index in [0.29, 0.717) is 17.6 Å². The van der Waals surface area contributed by atoms with Gasteiger partial charge in [0.25, 0.3) is 5.91 Å². The molecule has 1 amide bonds. The van der Waals surface area contributed by atoms with Crippen LogP contribution in [0, 0.1) is 0 Å². The number of hydrogen-bond acceptors (Lipinski definition) is 8. The number of amides is 1. The zero-order valence-corrected chi connectivity index (χ0v) is 18.0. The van der Waals surface area contributed by atoms with Crippen LogP contribution in [0.5, 0.6) is 0 Å². The van der Waals surface area contributed by atoms with E-state index in [2.05, 4.69) is 20.6 Å². The van der Waals surface area contributed by atoms with Crippen molar-refractivity contribution in [2.24, 2.45) is 5.10 Å². The Kier molecular flexibility index (Phi) is 5.67. The van der Waals surface area contributed by atoms with Gasteiger partial charge >= 0.3 is 0 Å². The predicted molar refractivity (Wildman–Crippen MR) is 114 cm³/mol. The molecule has 0 N–H and O–H groups in total. The molecule has 3 aromatic rings. The zero-order valence-electron chi connectivity index (χ0n) is 16.4. The highest BCUT2D eigenvalue weighted by molar-refractivity contribution is 7.99. The molecule has 156 valence electrons. The van der Waals surface area contributed by atoms with Gasteiger partial charge in [0, 0.05) is 6.42 Å². The highest BCUT2D eigenvalue weighted by Crippen LogP contribution is 2.35. The van der Waals surface area contributed by atoms with Crippen LogP contribution < -0.4 is 0 Å². The molecule has 1 unspecified atom stereocenters. The lowest BCUT2D eigenvalue weighted by Crippen LogP contribution is -2.28. The average Bonchev–Trinajstić information content (AvgIpc) is 3.57. The van der Waals surface area contributed by atoms with Crippen molar-refractivity contribution in [2.45, 2.75) is 55.8 Å². The van der Waals surface area contributed by atoms with E-state index < -0.39 is 0 Å². The first-order valence-corrected chi connectivity index (χ1v) is 12.0. The molecule has 10 heteroatoms. The average molecular weight is 443 g/mol. The number of carbonyl (C=O) groups excluding carboxylic acids is 1. The molecule has 0 spiro atoms. The van der Waals surface area contributed by atoms with Crippen LogP contribution in [0.15, 0.2) is 50.6 Å². The van der Waals surface area contributed by atoms with Gasteiger partial charge in [0.1, 0.15) is 11.8 Å². The number of thioether (sulfide) groups is 1. The molecule has 2 aliphatic rings. The van der Waals surface area contributed by atoms with Crippen LogP contribution in [0.4, 0.5) is 0 Å². The number of rotatable bonds is 6. The van der Waals surface area contributed by atoms with E-state index in [9.17, 15) is 4.79 Å². The first-order chi connectivity index (χ1) is 14.8. The maximum atomic E-state index is 13.1. The summed E-state index contributed by atoms with van der Waals surface area (Å²) in [7, 11) is 0. The summed E-state index contributed by atoms with van der Waals surface area (Å²) in [5.74, 6) is 0.896. The third kappa shape index (κ3) is 3.93. The Hall–Kier alpha value is -2.46. The molecule has 1 fully saturated rings. The smallest absolute Gasteiger partial charge is 0.253 e. The maximum Gasteiger partial charge on any atom is 0.253 e.